The van der Waals surface area contributed by atoms with E-state index in [2.05, 4.69) is 27.6 Å². The number of aromatic nitrogens is 2. The van der Waals surface area contributed by atoms with Crippen molar-refractivity contribution in [3.05, 3.63) is 59.3 Å². The summed E-state index contributed by atoms with van der Waals surface area (Å²) in [4.78, 5) is 12.4. The topological polar surface area (TPSA) is 97.8 Å². The summed E-state index contributed by atoms with van der Waals surface area (Å²) in [5, 5.41) is 11.0. The number of rotatable bonds is 8. The number of carbonyl (C=O) groups excluding carboxylic acids is 1. The molecule has 0 saturated heterocycles. The van der Waals surface area contributed by atoms with Crippen LogP contribution in [0.25, 0.3) is 11.3 Å². The van der Waals surface area contributed by atoms with Crippen LogP contribution in [0.2, 0.25) is 0 Å². The fraction of sp³-hybridized carbons (Fsp3) is 0.227. The molecule has 0 unspecified atom stereocenters. The molecule has 1 aromatic heterocycles. The second-order valence-corrected chi connectivity index (χ2v) is 6.38. The highest BCUT2D eigenvalue weighted by atomic mass is 16.5. The molecule has 2 aromatic carbocycles. The molecule has 8 heteroatoms. The number of ether oxygens (including phenoxy) is 3. The van der Waals surface area contributed by atoms with Gasteiger partial charge in [-0.05, 0) is 30.2 Å². The van der Waals surface area contributed by atoms with E-state index in [4.69, 9.17) is 14.2 Å². The quantitative estimate of drug-likeness (QED) is 0.440. The summed E-state index contributed by atoms with van der Waals surface area (Å²) in [6, 6.07) is 13.2. The van der Waals surface area contributed by atoms with Gasteiger partial charge in [-0.2, -0.15) is 10.2 Å². The predicted octanol–water partition coefficient (Wildman–Crippen LogP) is 3.43. The van der Waals surface area contributed by atoms with Gasteiger partial charge in [-0.3, -0.25) is 9.89 Å². The van der Waals surface area contributed by atoms with Gasteiger partial charge in [0.2, 0.25) is 5.75 Å². The van der Waals surface area contributed by atoms with Crippen LogP contribution in [-0.2, 0) is 6.42 Å². The van der Waals surface area contributed by atoms with Crippen LogP contribution in [0.5, 0.6) is 17.2 Å². The summed E-state index contributed by atoms with van der Waals surface area (Å²) in [7, 11) is 4.60. The van der Waals surface area contributed by atoms with Crippen LogP contribution in [-0.4, -0.2) is 43.6 Å². The molecule has 0 aliphatic carbocycles. The van der Waals surface area contributed by atoms with Gasteiger partial charge in [0, 0.05) is 11.1 Å². The molecule has 1 amide bonds. The number of hydrazone groups is 1. The molecule has 8 nitrogen and oxygen atoms in total. The lowest BCUT2D eigenvalue weighted by Gasteiger charge is -2.12. The first-order valence-corrected chi connectivity index (χ1v) is 9.37. The zero-order valence-electron chi connectivity index (χ0n) is 17.4. The fourth-order valence-corrected chi connectivity index (χ4v) is 2.90. The monoisotopic (exact) mass is 408 g/mol. The first-order chi connectivity index (χ1) is 14.6. The number of aromatic amines is 1. The third-order valence-corrected chi connectivity index (χ3v) is 4.55. The minimum absolute atomic E-state index is 0.312. The minimum Gasteiger partial charge on any atom is -0.493 e. The fourth-order valence-electron chi connectivity index (χ4n) is 2.90. The molecule has 30 heavy (non-hydrogen) atoms. The Hall–Kier alpha value is -3.81. The van der Waals surface area contributed by atoms with Crippen molar-refractivity contribution in [2.45, 2.75) is 13.3 Å². The van der Waals surface area contributed by atoms with E-state index in [0.717, 1.165) is 12.0 Å². The Bertz CT molecular complexity index is 1020. The zero-order chi connectivity index (χ0) is 21.5. The maximum absolute atomic E-state index is 12.4. The molecule has 2 N–H and O–H groups in total. The number of H-pyrrole nitrogens is 1. The third kappa shape index (κ3) is 4.60. The Morgan fingerprint density at radius 2 is 1.73 bits per heavy atom. The van der Waals surface area contributed by atoms with Crippen molar-refractivity contribution in [2.24, 2.45) is 5.10 Å². The van der Waals surface area contributed by atoms with E-state index in [1.54, 1.807) is 18.2 Å². The molecular weight excluding hydrogens is 384 g/mol. The van der Waals surface area contributed by atoms with Gasteiger partial charge in [0.05, 0.1) is 33.2 Å². The average Bonchev–Trinajstić information content (AvgIpc) is 3.28. The highest BCUT2D eigenvalue weighted by Gasteiger charge is 2.13. The van der Waals surface area contributed by atoms with E-state index in [1.165, 1.54) is 33.1 Å². The van der Waals surface area contributed by atoms with Crippen LogP contribution in [0.4, 0.5) is 0 Å². The largest absolute Gasteiger partial charge is 0.493 e. The maximum Gasteiger partial charge on any atom is 0.289 e. The molecule has 0 aliphatic heterocycles. The van der Waals surface area contributed by atoms with Gasteiger partial charge in [0.15, 0.2) is 11.5 Å². The van der Waals surface area contributed by atoms with Crippen LogP contribution in [0.15, 0.2) is 47.6 Å². The second kappa shape index (κ2) is 9.60. The van der Waals surface area contributed by atoms with Gasteiger partial charge < -0.3 is 14.2 Å². The van der Waals surface area contributed by atoms with Crippen molar-refractivity contribution in [3.8, 4) is 28.5 Å². The Morgan fingerprint density at radius 1 is 1.07 bits per heavy atom. The smallest absolute Gasteiger partial charge is 0.289 e. The lowest BCUT2D eigenvalue weighted by atomic mass is 10.1. The van der Waals surface area contributed by atoms with E-state index >= 15 is 0 Å². The summed E-state index contributed by atoms with van der Waals surface area (Å²) in [5.74, 6) is 1.08. The SMILES string of the molecule is CCc1ccc(-c2cc(C(=O)N/N=C\c3cc(OC)c(OC)c(OC)c3)[nH]n2)cc1. The van der Waals surface area contributed by atoms with E-state index in [0.29, 0.717) is 34.2 Å². The van der Waals surface area contributed by atoms with E-state index in [9.17, 15) is 4.79 Å². The molecule has 0 bridgehead atoms. The number of hydrogen-bond donors (Lipinski definition) is 2. The summed E-state index contributed by atoms with van der Waals surface area (Å²) < 4.78 is 15.9. The predicted molar refractivity (Wildman–Crippen MR) is 115 cm³/mol. The number of amides is 1. The molecule has 156 valence electrons. The molecule has 0 spiro atoms. The van der Waals surface area contributed by atoms with Gasteiger partial charge >= 0.3 is 0 Å². The second-order valence-electron chi connectivity index (χ2n) is 6.38. The maximum atomic E-state index is 12.4. The van der Waals surface area contributed by atoms with Gasteiger partial charge in [-0.25, -0.2) is 5.43 Å². The number of methoxy groups -OCH3 is 3. The number of nitrogens with one attached hydrogen (secondary N) is 2. The number of hydrogen-bond acceptors (Lipinski definition) is 6. The molecular formula is C22H24N4O4. The molecule has 0 radical (unpaired) electrons. The van der Waals surface area contributed by atoms with Gasteiger partial charge in [0.25, 0.3) is 5.91 Å². The van der Waals surface area contributed by atoms with Crippen molar-refractivity contribution >= 4 is 12.1 Å². The lowest BCUT2D eigenvalue weighted by molar-refractivity contribution is 0.0950. The normalized spacial score (nSPS) is 10.8. The van der Waals surface area contributed by atoms with Crippen LogP contribution in [0.3, 0.4) is 0 Å². The van der Waals surface area contributed by atoms with E-state index in [-0.39, 0.29) is 0 Å². The Morgan fingerprint density at radius 3 is 2.30 bits per heavy atom. The number of benzene rings is 2. The third-order valence-electron chi connectivity index (χ3n) is 4.55. The van der Waals surface area contributed by atoms with Crippen LogP contribution in [0.1, 0.15) is 28.5 Å². The molecule has 0 aliphatic rings. The Kier molecular flexibility index (Phi) is 6.69. The van der Waals surface area contributed by atoms with E-state index < -0.39 is 5.91 Å². The van der Waals surface area contributed by atoms with Crippen molar-refractivity contribution in [2.75, 3.05) is 21.3 Å². The molecule has 3 rings (SSSR count). The van der Waals surface area contributed by atoms with Gasteiger partial charge in [0.1, 0.15) is 5.69 Å². The number of carbonyl (C=O) groups is 1. The number of aryl methyl sites for hydroxylation is 1. The van der Waals surface area contributed by atoms with Gasteiger partial charge in [-0.15, -0.1) is 0 Å². The van der Waals surface area contributed by atoms with Gasteiger partial charge in [-0.1, -0.05) is 31.2 Å². The van der Waals surface area contributed by atoms with Crippen molar-refractivity contribution in [1.82, 2.24) is 15.6 Å². The summed E-state index contributed by atoms with van der Waals surface area (Å²) >= 11 is 0. The number of nitrogens with zero attached hydrogens (tertiary/aromatic N) is 2. The summed E-state index contributed by atoms with van der Waals surface area (Å²) in [6.07, 6.45) is 2.46. The van der Waals surface area contributed by atoms with E-state index in [1.807, 2.05) is 24.3 Å². The zero-order valence-corrected chi connectivity index (χ0v) is 17.4. The van der Waals surface area contributed by atoms with Crippen LogP contribution in [0, 0.1) is 0 Å². The molecule has 0 fully saturated rings. The first kappa shape index (κ1) is 20.9. The summed E-state index contributed by atoms with van der Waals surface area (Å²) in [6.45, 7) is 2.10. The summed E-state index contributed by atoms with van der Waals surface area (Å²) in [5.41, 5.74) is 6.33. The van der Waals surface area contributed by atoms with Crippen molar-refractivity contribution < 1.29 is 19.0 Å². The first-order valence-electron chi connectivity index (χ1n) is 9.37. The lowest BCUT2D eigenvalue weighted by Crippen LogP contribution is -2.18. The van der Waals surface area contributed by atoms with Crippen LogP contribution >= 0.6 is 0 Å². The minimum atomic E-state index is -0.400. The Balaban J connectivity index is 1.70. The van der Waals surface area contributed by atoms with Crippen molar-refractivity contribution in [1.29, 1.82) is 0 Å². The Labute approximate surface area is 174 Å². The average molecular weight is 408 g/mol. The highest BCUT2D eigenvalue weighted by molar-refractivity contribution is 5.94. The standard InChI is InChI=1S/C22H24N4O4/c1-5-14-6-8-16(9-7-14)17-12-18(25-24-17)22(27)26-23-13-15-10-19(28-2)21(30-4)20(11-15)29-3/h6-13H,5H2,1-4H3,(H,24,25)(H,26,27)/b23-13-. The molecule has 0 atom stereocenters. The van der Waals surface area contributed by atoms with Crippen LogP contribution < -0.4 is 19.6 Å². The molecule has 0 saturated carbocycles. The highest BCUT2D eigenvalue weighted by Crippen LogP contribution is 2.37. The molecule has 1 heterocycles. The molecule has 3 aromatic rings. The van der Waals surface area contributed by atoms with Crippen molar-refractivity contribution in [3.63, 3.8) is 0 Å².